The first-order valence-electron chi connectivity index (χ1n) is 7.94. The molecule has 0 aliphatic carbocycles. The smallest absolute Gasteiger partial charge is 0.255 e. The molecule has 122 valence electrons. The number of hydrogen-bond acceptors (Lipinski definition) is 3. The van der Waals surface area contributed by atoms with Crippen LogP contribution in [-0.4, -0.2) is 20.7 Å². The minimum atomic E-state index is -0.102. The standard InChI is InChI=1S/C19H20N4O/c1-14(2)16-5-7-17(8-6-16)19(24)22-18-9-3-15(4-10-18)11-23-13-20-12-21-23/h3-10,12-14H,11H2,1-2H3,(H,22,24). The summed E-state index contributed by atoms with van der Waals surface area (Å²) in [5.74, 6) is 0.356. The molecule has 1 amide bonds. The second kappa shape index (κ2) is 7.08. The average Bonchev–Trinajstić information content (AvgIpc) is 3.09. The summed E-state index contributed by atoms with van der Waals surface area (Å²) in [5, 5.41) is 7.00. The fourth-order valence-corrected chi connectivity index (χ4v) is 2.42. The van der Waals surface area contributed by atoms with Crippen molar-refractivity contribution < 1.29 is 4.79 Å². The molecule has 1 aromatic heterocycles. The molecule has 0 saturated heterocycles. The van der Waals surface area contributed by atoms with Crippen LogP contribution < -0.4 is 5.32 Å². The fourth-order valence-electron chi connectivity index (χ4n) is 2.42. The first-order chi connectivity index (χ1) is 11.6. The number of nitrogens with zero attached hydrogens (tertiary/aromatic N) is 3. The van der Waals surface area contributed by atoms with E-state index in [1.54, 1.807) is 11.0 Å². The van der Waals surface area contributed by atoms with Gasteiger partial charge in [-0.15, -0.1) is 0 Å². The average molecular weight is 320 g/mol. The van der Waals surface area contributed by atoms with Gasteiger partial charge in [0, 0.05) is 11.3 Å². The Kier molecular flexibility index (Phi) is 4.70. The lowest BCUT2D eigenvalue weighted by molar-refractivity contribution is 0.102. The lowest BCUT2D eigenvalue weighted by Gasteiger charge is -2.09. The molecule has 3 rings (SSSR count). The van der Waals surface area contributed by atoms with E-state index in [2.05, 4.69) is 29.2 Å². The van der Waals surface area contributed by atoms with E-state index in [1.165, 1.54) is 11.9 Å². The number of aromatic nitrogens is 3. The maximum Gasteiger partial charge on any atom is 0.255 e. The summed E-state index contributed by atoms with van der Waals surface area (Å²) < 4.78 is 1.75. The van der Waals surface area contributed by atoms with Crippen LogP contribution in [0.5, 0.6) is 0 Å². The van der Waals surface area contributed by atoms with Crippen molar-refractivity contribution in [2.75, 3.05) is 5.32 Å². The van der Waals surface area contributed by atoms with Crippen molar-refractivity contribution in [3.63, 3.8) is 0 Å². The highest BCUT2D eigenvalue weighted by molar-refractivity contribution is 6.04. The lowest BCUT2D eigenvalue weighted by atomic mass is 10.0. The Morgan fingerprint density at radius 1 is 1.08 bits per heavy atom. The van der Waals surface area contributed by atoms with E-state index >= 15 is 0 Å². The highest BCUT2D eigenvalue weighted by Gasteiger charge is 2.07. The summed E-state index contributed by atoms with van der Waals surface area (Å²) in [6, 6.07) is 15.5. The van der Waals surface area contributed by atoms with Crippen LogP contribution >= 0.6 is 0 Å². The summed E-state index contributed by atoms with van der Waals surface area (Å²) in [6.07, 6.45) is 3.19. The first kappa shape index (κ1) is 15.9. The summed E-state index contributed by atoms with van der Waals surface area (Å²) in [6.45, 7) is 4.93. The van der Waals surface area contributed by atoms with Gasteiger partial charge in [0.05, 0.1) is 6.54 Å². The minimum Gasteiger partial charge on any atom is -0.322 e. The molecule has 24 heavy (non-hydrogen) atoms. The number of amides is 1. The van der Waals surface area contributed by atoms with E-state index in [9.17, 15) is 4.79 Å². The molecule has 0 fully saturated rings. The number of nitrogens with one attached hydrogen (secondary N) is 1. The Hall–Kier alpha value is -2.95. The van der Waals surface area contributed by atoms with Gasteiger partial charge in [-0.05, 0) is 41.3 Å². The van der Waals surface area contributed by atoms with Gasteiger partial charge in [-0.25, -0.2) is 9.67 Å². The Morgan fingerprint density at radius 2 is 1.79 bits per heavy atom. The van der Waals surface area contributed by atoms with Crippen LogP contribution in [0.2, 0.25) is 0 Å². The summed E-state index contributed by atoms with van der Waals surface area (Å²) in [7, 11) is 0. The van der Waals surface area contributed by atoms with Crippen molar-refractivity contribution in [2.24, 2.45) is 0 Å². The molecule has 0 aliphatic heterocycles. The Morgan fingerprint density at radius 3 is 2.38 bits per heavy atom. The number of rotatable bonds is 5. The van der Waals surface area contributed by atoms with Crippen molar-refractivity contribution in [2.45, 2.75) is 26.3 Å². The van der Waals surface area contributed by atoms with Gasteiger partial charge in [0.25, 0.3) is 5.91 Å². The van der Waals surface area contributed by atoms with Gasteiger partial charge in [-0.2, -0.15) is 5.10 Å². The predicted molar refractivity (Wildman–Crippen MR) is 94.1 cm³/mol. The van der Waals surface area contributed by atoms with Crippen LogP contribution in [0.25, 0.3) is 0 Å². The van der Waals surface area contributed by atoms with Crippen molar-refractivity contribution >= 4 is 11.6 Å². The van der Waals surface area contributed by atoms with Crippen molar-refractivity contribution in [3.05, 3.63) is 77.9 Å². The van der Waals surface area contributed by atoms with Crippen LogP contribution in [0, 0.1) is 0 Å². The summed E-state index contributed by atoms with van der Waals surface area (Å²) in [4.78, 5) is 16.2. The number of carbonyl (C=O) groups is 1. The minimum absolute atomic E-state index is 0.102. The molecule has 3 aromatic rings. The molecule has 0 unspecified atom stereocenters. The Labute approximate surface area is 141 Å². The molecule has 0 spiro atoms. The fraction of sp³-hybridized carbons (Fsp3) is 0.211. The first-order valence-corrected chi connectivity index (χ1v) is 7.94. The number of anilines is 1. The molecular formula is C19H20N4O. The highest BCUT2D eigenvalue weighted by Crippen LogP contribution is 2.16. The van der Waals surface area contributed by atoms with E-state index in [4.69, 9.17) is 0 Å². The topological polar surface area (TPSA) is 59.8 Å². The second-order valence-corrected chi connectivity index (χ2v) is 6.02. The van der Waals surface area contributed by atoms with Gasteiger partial charge in [0.2, 0.25) is 0 Å². The quantitative estimate of drug-likeness (QED) is 0.780. The Balaban J connectivity index is 1.63. The third-order valence-corrected chi connectivity index (χ3v) is 3.86. The van der Waals surface area contributed by atoms with E-state index < -0.39 is 0 Å². The Bertz CT molecular complexity index is 790. The largest absolute Gasteiger partial charge is 0.322 e. The monoisotopic (exact) mass is 320 g/mol. The van der Waals surface area contributed by atoms with Crippen LogP contribution in [0.1, 0.15) is 41.3 Å². The molecule has 1 heterocycles. The van der Waals surface area contributed by atoms with E-state index in [0.29, 0.717) is 18.0 Å². The van der Waals surface area contributed by atoms with Crippen LogP contribution in [0.4, 0.5) is 5.69 Å². The maximum atomic E-state index is 12.3. The molecule has 2 aromatic carbocycles. The zero-order chi connectivity index (χ0) is 16.9. The van der Waals surface area contributed by atoms with E-state index in [0.717, 1.165) is 11.3 Å². The van der Waals surface area contributed by atoms with Gasteiger partial charge in [0.1, 0.15) is 12.7 Å². The summed E-state index contributed by atoms with van der Waals surface area (Å²) in [5.41, 5.74) is 3.75. The second-order valence-electron chi connectivity index (χ2n) is 6.02. The van der Waals surface area contributed by atoms with Crippen molar-refractivity contribution in [1.82, 2.24) is 14.8 Å². The molecule has 0 saturated carbocycles. The highest BCUT2D eigenvalue weighted by atomic mass is 16.1. The molecule has 5 nitrogen and oxygen atoms in total. The molecular weight excluding hydrogens is 300 g/mol. The van der Waals surface area contributed by atoms with E-state index in [1.807, 2.05) is 48.5 Å². The molecule has 0 bridgehead atoms. The van der Waals surface area contributed by atoms with Crippen LogP contribution in [0.15, 0.2) is 61.2 Å². The third kappa shape index (κ3) is 3.87. The number of hydrogen-bond donors (Lipinski definition) is 1. The van der Waals surface area contributed by atoms with Gasteiger partial charge in [-0.1, -0.05) is 38.1 Å². The van der Waals surface area contributed by atoms with Gasteiger partial charge in [0.15, 0.2) is 0 Å². The maximum absolute atomic E-state index is 12.3. The van der Waals surface area contributed by atoms with Gasteiger partial charge >= 0.3 is 0 Å². The normalized spacial score (nSPS) is 10.8. The molecule has 5 heteroatoms. The zero-order valence-electron chi connectivity index (χ0n) is 13.8. The van der Waals surface area contributed by atoms with Crippen molar-refractivity contribution in [3.8, 4) is 0 Å². The van der Waals surface area contributed by atoms with Crippen LogP contribution in [-0.2, 0) is 6.54 Å². The van der Waals surface area contributed by atoms with Gasteiger partial charge in [-0.3, -0.25) is 4.79 Å². The third-order valence-electron chi connectivity index (χ3n) is 3.86. The molecule has 0 atom stereocenters. The van der Waals surface area contributed by atoms with E-state index in [-0.39, 0.29) is 5.91 Å². The SMILES string of the molecule is CC(C)c1ccc(C(=O)Nc2ccc(Cn3cncn3)cc2)cc1. The number of carbonyl (C=O) groups excluding carboxylic acids is 1. The lowest BCUT2D eigenvalue weighted by Crippen LogP contribution is -2.12. The number of benzene rings is 2. The summed E-state index contributed by atoms with van der Waals surface area (Å²) >= 11 is 0. The molecule has 0 aliphatic rings. The van der Waals surface area contributed by atoms with Crippen LogP contribution in [0.3, 0.4) is 0 Å². The molecule has 1 N–H and O–H groups in total. The van der Waals surface area contributed by atoms with Crippen molar-refractivity contribution in [1.29, 1.82) is 0 Å². The predicted octanol–water partition coefficient (Wildman–Crippen LogP) is 3.70. The van der Waals surface area contributed by atoms with Gasteiger partial charge < -0.3 is 5.32 Å². The molecule has 0 radical (unpaired) electrons. The zero-order valence-corrected chi connectivity index (χ0v) is 13.8.